The van der Waals surface area contributed by atoms with Crippen LogP contribution < -0.4 is 0 Å². The molecule has 0 aliphatic rings. The number of benzene rings is 2. The first-order valence-electron chi connectivity index (χ1n) is 9.23. The monoisotopic (exact) mass is 472 g/mol. The predicted molar refractivity (Wildman–Crippen MR) is 127 cm³/mol. The molecule has 0 spiro atoms. The fourth-order valence-electron chi connectivity index (χ4n) is 2.92. The van der Waals surface area contributed by atoms with E-state index in [0.717, 1.165) is 37.8 Å². The largest absolute Gasteiger partial charge is 0.302 e. The second-order valence-electron chi connectivity index (χ2n) is 6.51. The third-order valence-corrected chi connectivity index (χ3v) is 6.89. The summed E-state index contributed by atoms with van der Waals surface area (Å²) >= 11 is 15.5. The molecule has 4 aromatic rings. The highest BCUT2D eigenvalue weighted by atomic mass is 35.5. The van der Waals surface area contributed by atoms with E-state index in [0.29, 0.717) is 23.7 Å². The Morgan fingerprint density at radius 2 is 1.87 bits per heavy atom. The Balaban J connectivity index is 1.48. The molecule has 0 N–H and O–H groups in total. The van der Waals surface area contributed by atoms with E-state index in [9.17, 15) is 0 Å². The number of thioether (sulfide) groups is 1. The highest BCUT2D eigenvalue weighted by molar-refractivity contribution is 7.98. The van der Waals surface area contributed by atoms with Crippen molar-refractivity contribution in [3.05, 3.63) is 93.7 Å². The fourth-order valence-corrected chi connectivity index (χ4v) is 5.15. The van der Waals surface area contributed by atoms with Crippen molar-refractivity contribution in [1.82, 2.24) is 19.7 Å². The van der Waals surface area contributed by atoms with Gasteiger partial charge in [0.05, 0.1) is 10.7 Å². The van der Waals surface area contributed by atoms with Crippen molar-refractivity contribution in [3.63, 3.8) is 0 Å². The molecule has 2 aromatic carbocycles. The molecule has 4 rings (SSSR count). The first-order valence-corrected chi connectivity index (χ1v) is 11.9. The summed E-state index contributed by atoms with van der Waals surface area (Å²) < 4.78 is 2.09. The molecular formula is C22H18Cl2N4S2. The third-order valence-electron chi connectivity index (χ3n) is 4.39. The lowest BCUT2D eigenvalue weighted by Gasteiger charge is -2.07. The van der Waals surface area contributed by atoms with E-state index >= 15 is 0 Å². The van der Waals surface area contributed by atoms with Gasteiger partial charge >= 0.3 is 0 Å². The summed E-state index contributed by atoms with van der Waals surface area (Å²) in [4.78, 5) is 4.74. The Morgan fingerprint density at radius 3 is 2.63 bits per heavy atom. The molecule has 30 heavy (non-hydrogen) atoms. The van der Waals surface area contributed by atoms with Gasteiger partial charge in [-0.15, -0.1) is 28.1 Å². The topological polar surface area (TPSA) is 43.6 Å². The first kappa shape index (κ1) is 21.1. The molecule has 0 fully saturated rings. The number of thiazole rings is 1. The Morgan fingerprint density at radius 1 is 1.07 bits per heavy atom. The van der Waals surface area contributed by atoms with E-state index in [2.05, 4.69) is 26.7 Å². The lowest BCUT2D eigenvalue weighted by atomic mass is 10.1. The zero-order valence-corrected chi connectivity index (χ0v) is 19.1. The minimum atomic E-state index is 0.653. The quantitative estimate of drug-likeness (QED) is 0.209. The van der Waals surface area contributed by atoms with E-state index in [-0.39, 0.29) is 0 Å². The van der Waals surface area contributed by atoms with Crippen LogP contribution in [0.3, 0.4) is 0 Å². The molecule has 0 bridgehead atoms. The molecule has 0 radical (unpaired) electrons. The normalized spacial score (nSPS) is 11.0. The maximum atomic E-state index is 6.30. The molecule has 0 amide bonds. The van der Waals surface area contributed by atoms with E-state index in [1.165, 1.54) is 0 Å². The maximum absolute atomic E-state index is 6.30. The zero-order chi connectivity index (χ0) is 20.9. The Hall–Kier alpha value is -2.12. The summed E-state index contributed by atoms with van der Waals surface area (Å²) in [7, 11) is 0. The van der Waals surface area contributed by atoms with Gasteiger partial charge in [-0.25, -0.2) is 4.98 Å². The second-order valence-corrected chi connectivity index (χ2v) is 9.16. The average molecular weight is 473 g/mol. The van der Waals surface area contributed by atoms with Gasteiger partial charge < -0.3 is 4.57 Å². The lowest BCUT2D eigenvalue weighted by molar-refractivity contribution is 0.690. The number of nitrogens with zero attached hydrogens (tertiary/aromatic N) is 4. The molecule has 0 aliphatic carbocycles. The molecule has 2 aromatic heterocycles. The van der Waals surface area contributed by atoms with Gasteiger partial charge in [-0.05, 0) is 23.8 Å². The number of hydrogen-bond acceptors (Lipinski definition) is 5. The molecule has 0 aliphatic heterocycles. The SMILES string of the molecule is C=CCn1c(Cc2ccc(Cl)cc2)nnc1SCc1csc(-c2ccccc2Cl)n1. The van der Waals surface area contributed by atoms with Gasteiger partial charge in [-0.1, -0.05) is 71.4 Å². The molecule has 0 unspecified atom stereocenters. The highest BCUT2D eigenvalue weighted by Crippen LogP contribution is 2.32. The number of hydrogen-bond donors (Lipinski definition) is 0. The van der Waals surface area contributed by atoms with Crippen LogP contribution in [-0.4, -0.2) is 19.7 Å². The first-order chi connectivity index (χ1) is 14.6. The zero-order valence-electron chi connectivity index (χ0n) is 16.0. The van der Waals surface area contributed by atoms with Crippen LogP contribution in [0.5, 0.6) is 0 Å². The van der Waals surface area contributed by atoms with Gasteiger partial charge in [0.2, 0.25) is 0 Å². The van der Waals surface area contributed by atoms with E-state index in [1.54, 1.807) is 23.1 Å². The van der Waals surface area contributed by atoms with E-state index in [1.807, 2.05) is 54.6 Å². The van der Waals surface area contributed by atoms with Crippen LogP contribution in [0.4, 0.5) is 0 Å². The van der Waals surface area contributed by atoms with Crippen LogP contribution in [0.15, 0.2) is 71.7 Å². The molecule has 2 heterocycles. The smallest absolute Gasteiger partial charge is 0.191 e. The van der Waals surface area contributed by atoms with Gasteiger partial charge in [0.1, 0.15) is 10.8 Å². The van der Waals surface area contributed by atoms with Crippen LogP contribution in [-0.2, 0) is 18.7 Å². The van der Waals surface area contributed by atoms with Crippen molar-refractivity contribution < 1.29 is 0 Å². The standard InChI is InChI=1S/C22H18Cl2N4S2/c1-2-11-28-20(12-15-7-9-16(23)10-8-15)26-27-22(28)30-14-17-13-29-21(25-17)18-5-3-4-6-19(18)24/h2-10,13H,1,11-12,14H2. The van der Waals surface area contributed by atoms with Crippen LogP contribution in [0, 0.1) is 0 Å². The van der Waals surface area contributed by atoms with Crippen molar-refractivity contribution in [1.29, 1.82) is 0 Å². The van der Waals surface area contributed by atoms with Crippen molar-refractivity contribution in [2.75, 3.05) is 0 Å². The van der Waals surface area contributed by atoms with Crippen molar-refractivity contribution in [2.45, 2.75) is 23.9 Å². The maximum Gasteiger partial charge on any atom is 0.191 e. The average Bonchev–Trinajstić information content (AvgIpc) is 3.36. The molecule has 4 nitrogen and oxygen atoms in total. The van der Waals surface area contributed by atoms with Crippen LogP contribution in [0.1, 0.15) is 17.1 Å². The highest BCUT2D eigenvalue weighted by Gasteiger charge is 2.14. The summed E-state index contributed by atoms with van der Waals surface area (Å²) in [6, 6.07) is 15.6. The fraction of sp³-hybridized carbons (Fsp3) is 0.136. The van der Waals surface area contributed by atoms with Crippen LogP contribution >= 0.6 is 46.3 Å². The number of rotatable bonds is 8. The molecule has 8 heteroatoms. The summed E-state index contributed by atoms with van der Waals surface area (Å²) in [5, 5.41) is 14.1. The van der Waals surface area contributed by atoms with E-state index in [4.69, 9.17) is 28.2 Å². The van der Waals surface area contributed by atoms with Crippen molar-refractivity contribution >= 4 is 46.3 Å². The molecule has 0 saturated heterocycles. The molecule has 152 valence electrons. The van der Waals surface area contributed by atoms with Gasteiger partial charge in [0.25, 0.3) is 0 Å². The van der Waals surface area contributed by atoms with Gasteiger partial charge in [0, 0.05) is 34.7 Å². The van der Waals surface area contributed by atoms with Crippen molar-refractivity contribution in [2.24, 2.45) is 0 Å². The number of aromatic nitrogens is 4. The minimum absolute atomic E-state index is 0.653. The number of halogens is 2. The molecule has 0 saturated carbocycles. The lowest BCUT2D eigenvalue weighted by Crippen LogP contribution is -2.04. The van der Waals surface area contributed by atoms with Gasteiger partial charge in [-0.2, -0.15) is 0 Å². The Bertz CT molecular complexity index is 1150. The molecule has 0 atom stereocenters. The minimum Gasteiger partial charge on any atom is -0.302 e. The summed E-state index contributed by atoms with van der Waals surface area (Å²) in [6.45, 7) is 4.53. The molecular weight excluding hydrogens is 455 g/mol. The van der Waals surface area contributed by atoms with Gasteiger partial charge in [0.15, 0.2) is 5.16 Å². The predicted octanol–water partition coefficient (Wildman–Crippen LogP) is 6.78. The Kier molecular flexibility index (Phi) is 6.89. The van der Waals surface area contributed by atoms with Crippen LogP contribution in [0.25, 0.3) is 10.6 Å². The summed E-state index contributed by atoms with van der Waals surface area (Å²) in [6.07, 6.45) is 2.54. The summed E-state index contributed by atoms with van der Waals surface area (Å²) in [5.41, 5.74) is 3.09. The number of allylic oxidation sites excluding steroid dienone is 1. The Labute approximate surface area is 193 Å². The summed E-state index contributed by atoms with van der Waals surface area (Å²) in [5.74, 6) is 1.60. The van der Waals surface area contributed by atoms with Gasteiger partial charge in [-0.3, -0.25) is 0 Å². The van der Waals surface area contributed by atoms with Crippen LogP contribution in [0.2, 0.25) is 10.0 Å². The third kappa shape index (κ3) is 4.95. The van der Waals surface area contributed by atoms with Crippen molar-refractivity contribution in [3.8, 4) is 10.6 Å². The van der Waals surface area contributed by atoms with E-state index < -0.39 is 0 Å². The second kappa shape index (κ2) is 9.79.